The Morgan fingerprint density at radius 3 is 2.55 bits per heavy atom. The average Bonchev–Trinajstić information content (AvgIpc) is 3.02. The molecule has 2 aromatic rings. The molecule has 0 saturated carbocycles. The Balaban J connectivity index is 1.30. The molecule has 0 bridgehead atoms. The third kappa shape index (κ3) is 3.71. The molecule has 2 amide bonds. The van der Waals surface area contributed by atoms with E-state index in [0.717, 1.165) is 22.0 Å². The van der Waals surface area contributed by atoms with Crippen molar-refractivity contribution in [2.24, 2.45) is 5.92 Å². The Hall–Kier alpha value is -2.89. The summed E-state index contributed by atoms with van der Waals surface area (Å²) in [5.74, 6) is -0.143. The number of hydrogen-bond acceptors (Lipinski definition) is 4. The van der Waals surface area contributed by atoms with Crippen molar-refractivity contribution in [2.45, 2.75) is 32.6 Å². The first-order chi connectivity index (χ1) is 14.1. The molecule has 0 aliphatic carbocycles. The Morgan fingerprint density at radius 1 is 1.10 bits per heavy atom. The predicted molar refractivity (Wildman–Crippen MR) is 111 cm³/mol. The van der Waals surface area contributed by atoms with E-state index in [1.54, 1.807) is 11.8 Å². The van der Waals surface area contributed by atoms with Crippen molar-refractivity contribution in [3.63, 3.8) is 0 Å². The Bertz CT molecular complexity index is 942. The molecule has 0 unspecified atom stereocenters. The highest BCUT2D eigenvalue weighted by atomic mass is 16.5. The van der Waals surface area contributed by atoms with Gasteiger partial charge in [-0.25, -0.2) is 0 Å². The van der Waals surface area contributed by atoms with Gasteiger partial charge in [0, 0.05) is 37.0 Å². The fourth-order valence-electron chi connectivity index (χ4n) is 4.37. The maximum Gasteiger partial charge on any atom is 0.309 e. The monoisotopic (exact) mass is 394 g/mol. The van der Waals surface area contributed by atoms with Crippen molar-refractivity contribution in [3.05, 3.63) is 42.0 Å². The summed E-state index contributed by atoms with van der Waals surface area (Å²) in [6.45, 7) is 3.91. The van der Waals surface area contributed by atoms with Gasteiger partial charge in [0.25, 0.3) is 5.91 Å². The molecule has 0 atom stereocenters. The van der Waals surface area contributed by atoms with Gasteiger partial charge in [0.05, 0.1) is 18.2 Å². The lowest BCUT2D eigenvalue weighted by Gasteiger charge is -2.31. The molecular weight excluding hydrogens is 368 g/mol. The zero-order chi connectivity index (χ0) is 20.4. The standard InChI is InChI=1S/C23H26N2O4/c1-2-29-23(28)17-11-14-24(15-12-17)20(26)10-5-13-25-19-9-4-7-16-6-3-8-18(21(16)19)22(25)27/h3-4,6-9,17H,2,5,10-15H2,1H3. The average molecular weight is 394 g/mol. The van der Waals surface area contributed by atoms with Crippen LogP contribution in [-0.2, 0) is 14.3 Å². The van der Waals surface area contributed by atoms with Crippen molar-refractivity contribution in [1.29, 1.82) is 0 Å². The minimum absolute atomic E-state index is 0.0134. The number of likely N-dealkylation sites (tertiary alicyclic amines) is 1. The van der Waals surface area contributed by atoms with Crippen LogP contribution in [0.3, 0.4) is 0 Å². The van der Waals surface area contributed by atoms with Crippen LogP contribution in [0.2, 0.25) is 0 Å². The first kappa shape index (κ1) is 19.4. The highest BCUT2D eigenvalue weighted by molar-refractivity contribution is 6.25. The number of esters is 1. The number of piperidine rings is 1. The zero-order valence-electron chi connectivity index (χ0n) is 16.7. The van der Waals surface area contributed by atoms with Gasteiger partial charge < -0.3 is 14.5 Å². The van der Waals surface area contributed by atoms with Crippen LogP contribution in [0.5, 0.6) is 0 Å². The molecule has 6 nitrogen and oxygen atoms in total. The normalized spacial score (nSPS) is 16.5. The summed E-state index contributed by atoms with van der Waals surface area (Å²) < 4.78 is 5.08. The molecule has 2 aliphatic heterocycles. The SMILES string of the molecule is CCOC(=O)C1CCN(C(=O)CCCN2C(=O)c3cccc4cccc2c34)CC1. The van der Waals surface area contributed by atoms with Gasteiger partial charge in [0.1, 0.15) is 0 Å². The highest BCUT2D eigenvalue weighted by Gasteiger charge is 2.30. The largest absolute Gasteiger partial charge is 0.466 e. The van der Waals surface area contributed by atoms with Gasteiger partial charge in [-0.1, -0.05) is 24.3 Å². The first-order valence-electron chi connectivity index (χ1n) is 10.4. The molecule has 2 aromatic carbocycles. The van der Waals surface area contributed by atoms with Gasteiger partial charge in [0.15, 0.2) is 0 Å². The Kier molecular flexibility index (Phi) is 5.51. The van der Waals surface area contributed by atoms with Crippen LogP contribution in [0, 0.1) is 5.92 Å². The molecule has 0 radical (unpaired) electrons. The summed E-state index contributed by atoms with van der Waals surface area (Å²) in [5, 5.41) is 2.07. The van der Waals surface area contributed by atoms with E-state index in [9.17, 15) is 14.4 Å². The topological polar surface area (TPSA) is 66.9 Å². The van der Waals surface area contributed by atoms with Crippen LogP contribution in [-0.4, -0.2) is 48.9 Å². The summed E-state index contributed by atoms with van der Waals surface area (Å²) in [5.41, 5.74) is 1.68. The molecule has 0 aromatic heterocycles. The van der Waals surface area contributed by atoms with E-state index in [4.69, 9.17) is 4.74 Å². The van der Waals surface area contributed by atoms with Crippen LogP contribution < -0.4 is 4.90 Å². The number of hydrogen-bond donors (Lipinski definition) is 0. The van der Waals surface area contributed by atoms with E-state index < -0.39 is 0 Å². The molecule has 4 rings (SSSR count). The maximum atomic E-state index is 12.8. The van der Waals surface area contributed by atoms with Crippen LogP contribution in [0.15, 0.2) is 36.4 Å². The minimum atomic E-state index is -0.152. The fourth-order valence-corrected chi connectivity index (χ4v) is 4.37. The minimum Gasteiger partial charge on any atom is -0.466 e. The number of carbonyl (C=O) groups excluding carboxylic acids is 3. The highest BCUT2D eigenvalue weighted by Crippen LogP contribution is 2.37. The van der Waals surface area contributed by atoms with Gasteiger partial charge >= 0.3 is 5.97 Å². The number of carbonyl (C=O) groups is 3. The van der Waals surface area contributed by atoms with Crippen LogP contribution >= 0.6 is 0 Å². The zero-order valence-corrected chi connectivity index (χ0v) is 16.7. The molecule has 1 saturated heterocycles. The van der Waals surface area contributed by atoms with Crippen molar-refractivity contribution >= 4 is 34.2 Å². The summed E-state index contributed by atoms with van der Waals surface area (Å²) in [7, 11) is 0. The smallest absolute Gasteiger partial charge is 0.309 e. The van der Waals surface area contributed by atoms with E-state index >= 15 is 0 Å². The molecule has 2 heterocycles. The van der Waals surface area contributed by atoms with E-state index in [1.807, 2.05) is 41.3 Å². The lowest BCUT2D eigenvalue weighted by atomic mass is 9.96. The molecule has 2 aliphatic rings. The van der Waals surface area contributed by atoms with Crippen LogP contribution in [0.25, 0.3) is 10.8 Å². The summed E-state index contributed by atoms with van der Waals surface area (Å²) >= 11 is 0. The second-order valence-electron chi connectivity index (χ2n) is 7.65. The number of benzene rings is 2. The summed E-state index contributed by atoms with van der Waals surface area (Å²) in [6, 6.07) is 11.7. The lowest BCUT2D eigenvalue weighted by molar-refractivity contribution is -0.151. The Morgan fingerprint density at radius 2 is 1.83 bits per heavy atom. The van der Waals surface area contributed by atoms with Crippen molar-refractivity contribution in [1.82, 2.24) is 4.90 Å². The van der Waals surface area contributed by atoms with E-state index in [1.165, 1.54) is 0 Å². The van der Waals surface area contributed by atoms with Gasteiger partial charge in [-0.3, -0.25) is 14.4 Å². The number of ether oxygens (including phenoxy) is 1. The quantitative estimate of drug-likeness (QED) is 0.705. The third-order valence-corrected chi connectivity index (χ3v) is 5.89. The van der Waals surface area contributed by atoms with E-state index in [0.29, 0.717) is 51.9 Å². The number of rotatable bonds is 6. The lowest BCUT2D eigenvalue weighted by Crippen LogP contribution is -2.41. The van der Waals surface area contributed by atoms with E-state index in [-0.39, 0.29) is 23.7 Å². The fraction of sp³-hybridized carbons (Fsp3) is 0.435. The van der Waals surface area contributed by atoms with Crippen molar-refractivity contribution in [3.8, 4) is 0 Å². The number of anilines is 1. The molecule has 152 valence electrons. The molecular formula is C23H26N2O4. The summed E-state index contributed by atoms with van der Waals surface area (Å²) in [6.07, 6.45) is 2.34. The van der Waals surface area contributed by atoms with E-state index in [2.05, 4.69) is 0 Å². The van der Waals surface area contributed by atoms with Gasteiger partial charge in [-0.15, -0.1) is 0 Å². The van der Waals surface area contributed by atoms with Crippen molar-refractivity contribution in [2.75, 3.05) is 31.1 Å². The number of amides is 2. The second kappa shape index (κ2) is 8.23. The molecule has 1 fully saturated rings. The van der Waals surface area contributed by atoms with Crippen LogP contribution in [0.1, 0.15) is 43.0 Å². The molecule has 29 heavy (non-hydrogen) atoms. The Labute approximate surface area is 170 Å². The van der Waals surface area contributed by atoms with Gasteiger partial charge in [-0.05, 0) is 43.7 Å². The summed E-state index contributed by atoms with van der Waals surface area (Å²) in [4.78, 5) is 40.8. The molecule has 0 N–H and O–H groups in total. The van der Waals surface area contributed by atoms with Gasteiger partial charge in [-0.2, -0.15) is 0 Å². The van der Waals surface area contributed by atoms with Gasteiger partial charge in [0.2, 0.25) is 5.91 Å². The van der Waals surface area contributed by atoms with Crippen molar-refractivity contribution < 1.29 is 19.1 Å². The molecule has 0 spiro atoms. The maximum absolute atomic E-state index is 12.8. The number of nitrogens with zero attached hydrogens (tertiary/aromatic N) is 2. The first-order valence-corrected chi connectivity index (χ1v) is 10.4. The van der Waals surface area contributed by atoms with Crippen LogP contribution in [0.4, 0.5) is 5.69 Å². The third-order valence-electron chi connectivity index (χ3n) is 5.89. The molecule has 6 heteroatoms. The predicted octanol–water partition coefficient (Wildman–Crippen LogP) is 3.38. The second-order valence-corrected chi connectivity index (χ2v) is 7.65.